The zero-order valence-corrected chi connectivity index (χ0v) is 21.6. The van der Waals surface area contributed by atoms with Gasteiger partial charge in [-0.25, -0.2) is 17.5 Å². The van der Waals surface area contributed by atoms with Crippen LogP contribution >= 0.6 is 11.6 Å². The lowest BCUT2D eigenvalue weighted by atomic mass is 10.0. The number of rotatable bonds is 7. The molecule has 0 spiro atoms. The van der Waals surface area contributed by atoms with E-state index in [1.165, 1.54) is 21.1 Å². The molecule has 1 atom stereocenters. The van der Waals surface area contributed by atoms with Crippen molar-refractivity contribution in [1.82, 2.24) is 14.1 Å². The Bertz CT molecular complexity index is 1210. The number of piperidine rings is 1. The molecule has 11 heteroatoms. The van der Waals surface area contributed by atoms with Gasteiger partial charge in [0.1, 0.15) is 15.7 Å². The van der Waals surface area contributed by atoms with Gasteiger partial charge < -0.3 is 10.1 Å². The Morgan fingerprint density at radius 1 is 1.26 bits per heavy atom. The number of benzene rings is 1. The van der Waals surface area contributed by atoms with Gasteiger partial charge in [0.05, 0.1) is 24.5 Å². The molecule has 3 heterocycles. The van der Waals surface area contributed by atoms with Crippen molar-refractivity contribution in [3.05, 3.63) is 51.2 Å². The molecule has 2 aliphatic heterocycles. The molecule has 0 bridgehead atoms. The van der Waals surface area contributed by atoms with E-state index < -0.39 is 21.4 Å². The third kappa shape index (κ3) is 5.71. The van der Waals surface area contributed by atoms with E-state index in [4.69, 9.17) is 16.3 Å². The molecule has 2 fully saturated rings. The summed E-state index contributed by atoms with van der Waals surface area (Å²) < 4.78 is 48.8. The summed E-state index contributed by atoms with van der Waals surface area (Å²) in [5.74, 6) is -0.289. The third-order valence-corrected chi connectivity index (χ3v) is 9.09. The first-order valence-electron chi connectivity index (χ1n) is 12.1. The van der Waals surface area contributed by atoms with Crippen molar-refractivity contribution in [1.29, 1.82) is 0 Å². The molecular formula is C24H32ClFN4O4S. The maximum Gasteiger partial charge on any atom is 0.287 e. The molecule has 2 saturated heterocycles. The first kappa shape index (κ1) is 26.1. The minimum Gasteiger partial charge on any atom is -0.382 e. The van der Waals surface area contributed by atoms with E-state index in [0.717, 1.165) is 25.0 Å². The monoisotopic (exact) mass is 526 g/mol. The topological polar surface area (TPSA) is 93.5 Å². The van der Waals surface area contributed by atoms with Gasteiger partial charge >= 0.3 is 0 Å². The summed E-state index contributed by atoms with van der Waals surface area (Å²) in [6.45, 7) is 6.28. The molecular weight excluding hydrogens is 495 g/mol. The van der Waals surface area contributed by atoms with Gasteiger partial charge in [-0.2, -0.15) is 9.40 Å². The number of sulfonamides is 1. The van der Waals surface area contributed by atoms with Crippen molar-refractivity contribution in [3.8, 4) is 0 Å². The highest BCUT2D eigenvalue weighted by molar-refractivity contribution is 7.89. The number of nitrogens with zero attached hydrogens (tertiary/aromatic N) is 3. The molecule has 0 saturated carbocycles. The number of anilines is 1. The lowest BCUT2D eigenvalue weighted by Crippen LogP contribution is -2.41. The summed E-state index contributed by atoms with van der Waals surface area (Å²) in [4.78, 5) is 12.6. The SMILES string of the molecule is CC(C)c1ccc(S(=O)(=O)N2CCC(n3ncc(NCC4CCCOC4)c(Cl)c3=O)CC2)c(F)c1. The maximum absolute atomic E-state index is 14.6. The number of ether oxygens (including phenoxy) is 1. The van der Waals surface area contributed by atoms with Crippen molar-refractivity contribution in [2.45, 2.75) is 56.4 Å². The third-order valence-electron chi connectivity index (χ3n) is 6.79. The van der Waals surface area contributed by atoms with E-state index in [1.54, 1.807) is 12.3 Å². The Morgan fingerprint density at radius 2 is 2.00 bits per heavy atom. The van der Waals surface area contributed by atoms with Crippen LogP contribution in [0.3, 0.4) is 0 Å². The summed E-state index contributed by atoms with van der Waals surface area (Å²) >= 11 is 6.35. The Morgan fingerprint density at radius 3 is 2.63 bits per heavy atom. The first-order valence-corrected chi connectivity index (χ1v) is 13.9. The van der Waals surface area contributed by atoms with Gasteiger partial charge in [-0.3, -0.25) is 4.79 Å². The van der Waals surface area contributed by atoms with Crippen molar-refractivity contribution in [2.24, 2.45) is 5.92 Å². The van der Waals surface area contributed by atoms with Gasteiger partial charge in [0.25, 0.3) is 5.56 Å². The van der Waals surface area contributed by atoms with Crippen LogP contribution in [-0.2, 0) is 14.8 Å². The summed E-state index contributed by atoms with van der Waals surface area (Å²) in [5, 5.41) is 7.58. The molecule has 35 heavy (non-hydrogen) atoms. The molecule has 2 aromatic rings. The van der Waals surface area contributed by atoms with E-state index in [1.807, 2.05) is 13.8 Å². The van der Waals surface area contributed by atoms with Crippen LogP contribution in [0.5, 0.6) is 0 Å². The zero-order chi connectivity index (χ0) is 25.2. The first-order chi connectivity index (χ1) is 16.7. The Balaban J connectivity index is 1.42. The molecule has 2 aliphatic rings. The fraction of sp³-hybridized carbons (Fsp3) is 0.583. The molecule has 8 nitrogen and oxygen atoms in total. The number of aromatic nitrogens is 2. The largest absolute Gasteiger partial charge is 0.382 e. The smallest absolute Gasteiger partial charge is 0.287 e. The van der Waals surface area contributed by atoms with E-state index in [9.17, 15) is 17.6 Å². The predicted octanol–water partition coefficient (Wildman–Crippen LogP) is 4.02. The van der Waals surface area contributed by atoms with Gasteiger partial charge in [-0.1, -0.05) is 31.5 Å². The highest BCUT2D eigenvalue weighted by atomic mass is 35.5. The molecule has 0 aliphatic carbocycles. The average Bonchev–Trinajstić information content (AvgIpc) is 2.85. The lowest BCUT2D eigenvalue weighted by molar-refractivity contribution is 0.0595. The molecule has 4 rings (SSSR count). The van der Waals surface area contributed by atoms with Crippen LogP contribution in [-0.4, -0.2) is 55.4 Å². The van der Waals surface area contributed by atoms with E-state index >= 15 is 0 Å². The van der Waals surface area contributed by atoms with Crippen LogP contribution in [0.1, 0.15) is 57.1 Å². The number of hydrogen-bond acceptors (Lipinski definition) is 6. The second kappa shape index (κ2) is 10.9. The van der Waals surface area contributed by atoms with Crippen molar-refractivity contribution >= 4 is 27.3 Å². The van der Waals surface area contributed by atoms with Crippen LogP contribution in [0.4, 0.5) is 10.1 Å². The molecule has 1 aromatic heterocycles. The van der Waals surface area contributed by atoms with Crippen LogP contribution in [0.25, 0.3) is 0 Å². The average molecular weight is 527 g/mol. The second-order valence-electron chi connectivity index (χ2n) is 9.57. The Kier molecular flexibility index (Phi) is 8.15. The summed E-state index contributed by atoms with van der Waals surface area (Å²) in [7, 11) is -3.98. The summed E-state index contributed by atoms with van der Waals surface area (Å²) in [5.41, 5.74) is 0.819. The van der Waals surface area contributed by atoms with Gasteiger partial charge in [0, 0.05) is 26.2 Å². The second-order valence-corrected chi connectivity index (χ2v) is 11.9. The van der Waals surface area contributed by atoms with Crippen LogP contribution in [0, 0.1) is 11.7 Å². The van der Waals surface area contributed by atoms with E-state index in [2.05, 4.69) is 10.4 Å². The van der Waals surface area contributed by atoms with Crippen molar-refractivity contribution in [2.75, 3.05) is 38.2 Å². The zero-order valence-electron chi connectivity index (χ0n) is 20.0. The summed E-state index contributed by atoms with van der Waals surface area (Å²) in [6, 6.07) is 3.98. The fourth-order valence-corrected chi connectivity index (χ4v) is 6.32. The molecule has 1 unspecified atom stereocenters. The van der Waals surface area contributed by atoms with Crippen molar-refractivity contribution < 1.29 is 17.5 Å². The predicted molar refractivity (Wildman–Crippen MR) is 133 cm³/mol. The minimum absolute atomic E-state index is 0.0686. The van der Waals surface area contributed by atoms with E-state index in [0.29, 0.717) is 37.6 Å². The van der Waals surface area contributed by atoms with Gasteiger partial charge in [-0.15, -0.1) is 0 Å². The van der Waals surface area contributed by atoms with Crippen LogP contribution in [0.2, 0.25) is 5.02 Å². The molecule has 0 radical (unpaired) electrons. The van der Waals surface area contributed by atoms with Crippen molar-refractivity contribution in [3.63, 3.8) is 0 Å². The lowest BCUT2D eigenvalue weighted by Gasteiger charge is -2.31. The highest BCUT2D eigenvalue weighted by Gasteiger charge is 2.33. The Labute approximate surface area is 210 Å². The molecule has 1 N–H and O–H groups in total. The number of hydrogen-bond donors (Lipinski definition) is 1. The highest BCUT2D eigenvalue weighted by Crippen LogP contribution is 2.29. The van der Waals surface area contributed by atoms with Crippen LogP contribution in [0.15, 0.2) is 34.1 Å². The van der Waals surface area contributed by atoms with Crippen LogP contribution < -0.4 is 10.9 Å². The molecule has 0 amide bonds. The number of nitrogens with one attached hydrogen (secondary N) is 1. The quantitative estimate of drug-likeness (QED) is 0.585. The van der Waals surface area contributed by atoms with Gasteiger partial charge in [-0.05, 0) is 55.2 Å². The maximum atomic E-state index is 14.6. The standard InChI is InChI=1S/C24H32ClFN4O4S/c1-16(2)18-5-6-22(20(26)12-18)35(32,33)29-9-7-19(8-10-29)30-24(31)23(25)21(14-28-30)27-13-17-4-3-11-34-15-17/h5-6,12,14,16-17,19,27H,3-4,7-11,13,15H2,1-2H3. The fourth-order valence-electron chi connectivity index (χ4n) is 4.60. The Hall–Kier alpha value is -2.01. The normalized spacial score (nSPS) is 20.3. The minimum atomic E-state index is -3.98. The summed E-state index contributed by atoms with van der Waals surface area (Å²) in [6.07, 6.45) is 4.37. The van der Waals surface area contributed by atoms with Gasteiger partial charge in [0.15, 0.2) is 0 Å². The molecule has 192 valence electrons. The molecule has 1 aromatic carbocycles. The van der Waals surface area contributed by atoms with E-state index in [-0.39, 0.29) is 35.0 Å². The number of halogens is 2. The van der Waals surface area contributed by atoms with Gasteiger partial charge in [0.2, 0.25) is 10.0 Å².